The van der Waals surface area contributed by atoms with E-state index >= 15 is 0 Å². The minimum absolute atomic E-state index is 0.0880. The van der Waals surface area contributed by atoms with Crippen LogP contribution in [0.25, 0.3) is 0 Å². The van der Waals surface area contributed by atoms with Crippen molar-refractivity contribution in [2.45, 2.75) is 44.8 Å². The highest BCUT2D eigenvalue weighted by Crippen LogP contribution is 2.13. The molecule has 1 heterocycles. The molecule has 1 rings (SSSR count). The third-order valence-electron chi connectivity index (χ3n) is 2.58. The fourth-order valence-corrected chi connectivity index (χ4v) is 1.58. The summed E-state index contributed by atoms with van der Waals surface area (Å²) in [4.78, 5) is 13.0. The van der Waals surface area contributed by atoms with Crippen molar-refractivity contribution in [3.05, 3.63) is 0 Å². The Morgan fingerprint density at radius 1 is 1.57 bits per heavy atom. The Hall–Kier alpha value is -0.640. The van der Waals surface area contributed by atoms with Crippen molar-refractivity contribution in [3.63, 3.8) is 0 Å². The number of alkyl halides is 1. The normalized spacial score (nSPS) is 19.2. The van der Waals surface area contributed by atoms with E-state index in [0.717, 1.165) is 25.7 Å². The Labute approximate surface area is 84.4 Å². The molecule has 0 aromatic rings. The largest absolute Gasteiger partial charge is 0.335 e. The molecule has 1 saturated heterocycles. The topological polar surface area (TPSA) is 46.3 Å². The van der Waals surface area contributed by atoms with Gasteiger partial charge >= 0.3 is 0 Å². The van der Waals surface area contributed by atoms with E-state index < -0.39 is 12.2 Å². The molecule has 3 nitrogen and oxygen atoms in total. The maximum atomic E-state index is 12.5. The van der Waals surface area contributed by atoms with Crippen LogP contribution in [0.3, 0.4) is 0 Å². The maximum absolute atomic E-state index is 12.5. The van der Waals surface area contributed by atoms with Gasteiger partial charge in [-0.1, -0.05) is 26.2 Å². The van der Waals surface area contributed by atoms with E-state index in [2.05, 4.69) is 6.92 Å². The van der Waals surface area contributed by atoms with Crippen LogP contribution in [0.5, 0.6) is 0 Å². The molecule has 1 amide bonds. The van der Waals surface area contributed by atoms with Crippen molar-refractivity contribution in [1.82, 2.24) is 4.90 Å². The summed E-state index contributed by atoms with van der Waals surface area (Å²) in [6, 6.07) is -0.422. The lowest BCUT2D eigenvalue weighted by Gasteiger charge is -2.36. The van der Waals surface area contributed by atoms with Gasteiger partial charge in [0.15, 0.2) is 0 Å². The molecule has 1 aliphatic heterocycles. The van der Waals surface area contributed by atoms with E-state index in [-0.39, 0.29) is 19.0 Å². The quantitative estimate of drug-likeness (QED) is 0.678. The molecule has 4 heteroatoms. The number of carbonyl (C=O) groups is 1. The van der Waals surface area contributed by atoms with Gasteiger partial charge in [-0.05, 0) is 6.42 Å². The number of hydrogen-bond acceptors (Lipinski definition) is 2. The minimum Gasteiger partial charge on any atom is -0.335 e. The number of likely N-dealkylation sites (tertiary alicyclic amines) is 1. The zero-order valence-electron chi connectivity index (χ0n) is 8.71. The molecule has 1 fully saturated rings. The summed E-state index contributed by atoms with van der Waals surface area (Å²) in [7, 11) is 0. The zero-order valence-corrected chi connectivity index (χ0v) is 8.71. The number of rotatable bonds is 5. The molecule has 82 valence electrons. The molecular weight excluding hydrogens is 183 g/mol. The minimum atomic E-state index is -0.832. The van der Waals surface area contributed by atoms with E-state index in [1.807, 2.05) is 0 Å². The lowest BCUT2D eigenvalue weighted by molar-refractivity contribution is -0.139. The molecule has 0 spiro atoms. The number of amides is 1. The molecule has 1 aliphatic rings. The summed E-state index contributed by atoms with van der Waals surface area (Å²) in [5, 5.41) is 0. The van der Waals surface area contributed by atoms with E-state index in [0.29, 0.717) is 0 Å². The second-order valence-corrected chi connectivity index (χ2v) is 3.94. The van der Waals surface area contributed by atoms with Crippen LogP contribution in [-0.2, 0) is 4.79 Å². The van der Waals surface area contributed by atoms with Crippen LogP contribution in [0.4, 0.5) is 4.39 Å². The van der Waals surface area contributed by atoms with Gasteiger partial charge in [-0.3, -0.25) is 4.79 Å². The highest BCUT2D eigenvalue weighted by molar-refractivity contribution is 5.82. The lowest BCUT2D eigenvalue weighted by Crippen LogP contribution is -2.56. The summed E-state index contributed by atoms with van der Waals surface area (Å²) >= 11 is 0. The number of nitrogens with two attached hydrogens (primary N) is 1. The molecule has 14 heavy (non-hydrogen) atoms. The van der Waals surface area contributed by atoms with Crippen molar-refractivity contribution in [2.24, 2.45) is 5.73 Å². The summed E-state index contributed by atoms with van der Waals surface area (Å²) in [6.45, 7) is 2.58. The molecule has 0 aliphatic carbocycles. The van der Waals surface area contributed by atoms with Crippen LogP contribution >= 0.6 is 0 Å². The predicted octanol–water partition coefficient (Wildman–Crippen LogP) is 1.07. The van der Waals surface area contributed by atoms with Crippen molar-refractivity contribution in [2.75, 3.05) is 13.1 Å². The second kappa shape index (κ2) is 5.29. The first kappa shape index (κ1) is 11.4. The Balaban J connectivity index is 2.16. The number of hydrogen-bond donors (Lipinski definition) is 1. The van der Waals surface area contributed by atoms with Gasteiger partial charge in [-0.25, -0.2) is 4.39 Å². The lowest BCUT2D eigenvalue weighted by atomic mass is 10.1. The second-order valence-electron chi connectivity index (χ2n) is 3.94. The van der Waals surface area contributed by atoms with Crippen LogP contribution in [0.2, 0.25) is 0 Å². The van der Waals surface area contributed by atoms with Crippen LogP contribution in [0, 0.1) is 0 Å². The molecule has 0 aromatic carbocycles. The van der Waals surface area contributed by atoms with E-state index in [1.54, 1.807) is 0 Å². The molecule has 0 aromatic heterocycles. The standard InChI is InChI=1S/C10H19FN2O/c1-2-3-4-5-9(12)10(14)13-6-8(11)7-13/h8-9H,2-7,12H2,1H3. The molecule has 1 unspecified atom stereocenters. The number of nitrogens with zero attached hydrogens (tertiary/aromatic N) is 1. The Kier molecular flexibility index (Phi) is 4.32. The van der Waals surface area contributed by atoms with Crippen molar-refractivity contribution in [1.29, 1.82) is 0 Å². The van der Waals surface area contributed by atoms with E-state index in [9.17, 15) is 9.18 Å². The monoisotopic (exact) mass is 202 g/mol. The molecule has 0 radical (unpaired) electrons. The smallest absolute Gasteiger partial charge is 0.239 e. The van der Waals surface area contributed by atoms with Gasteiger partial charge in [-0.2, -0.15) is 0 Å². The predicted molar refractivity (Wildman–Crippen MR) is 53.6 cm³/mol. The molecule has 2 N–H and O–H groups in total. The molecular formula is C10H19FN2O. The third-order valence-corrected chi connectivity index (χ3v) is 2.58. The van der Waals surface area contributed by atoms with Gasteiger partial charge < -0.3 is 10.6 Å². The Morgan fingerprint density at radius 3 is 2.71 bits per heavy atom. The summed E-state index contributed by atoms with van der Waals surface area (Å²) < 4.78 is 12.5. The van der Waals surface area contributed by atoms with Crippen molar-refractivity contribution >= 4 is 5.91 Å². The number of halogens is 1. The highest BCUT2D eigenvalue weighted by Gasteiger charge is 2.32. The van der Waals surface area contributed by atoms with Crippen LogP contribution < -0.4 is 5.73 Å². The SMILES string of the molecule is CCCCCC(N)C(=O)N1CC(F)C1. The molecule has 0 saturated carbocycles. The molecule has 0 bridgehead atoms. The van der Waals surface area contributed by atoms with Gasteiger partial charge in [0.25, 0.3) is 0 Å². The average Bonchev–Trinajstić information content (AvgIpc) is 2.12. The Bertz CT molecular complexity index is 193. The van der Waals surface area contributed by atoms with Gasteiger partial charge in [0.1, 0.15) is 6.17 Å². The zero-order chi connectivity index (χ0) is 10.6. The van der Waals surface area contributed by atoms with Crippen LogP contribution in [0.15, 0.2) is 0 Å². The first-order valence-electron chi connectivity index (χ1n) is 5.33. The van der Waals surface area contributed by atoms with Gasteiger partial charge in [0.2, 0.25) is 5.91 Å². The van der Waals surface area contributed by atoms with E-state index in [4.69, 9.17) is 5.73 Å². The van der Waals surface area contributed by atoms with Gasteiger partial charge in [0.05, 0.1) is 19.1 Å². The number of carbonyl (C=O) groups excluding carboxylic acids is 1. The highest BCUT2D eigenvalue weighted by atomic mass is 19.1. The first-order valence-corrected chi connectivity index (χ1v) is 5.33. The fourth-order valence-electron chi connectivity index (χ4n) is 1.58. The van der Waals surface area contributed by atoms with Crippen molar-refractivity contribution < 1.29 is 9.18 Å². The summed E-state index contributed by atoms with van der Waals surface area (Å²) in [5.74, 6) is -0.0880. The molecule has 1 atom stereocenters. The average molecular weight is 202 g/mol. The maximum Gasteiger partial charge on any atom is 0.239 e. The van der Waals surface area contributed by atoms with Crippen LogP contribution in [0.1, 0.15) is 32.6 Å². The Morgan fingerprint density at radius 2 is 2.21 bits per heavy atom. The summed E-state index contributed by atoms with van der Waals surface area (Å²) in [5.41, 5.74) is 5.70. The summed E-state index contributed by atoms with van der Waals surface area (Å²) in [6.07, 6.45) is 3.10. The fraction of sp³-hybridized carbons (Fsp3) is 0.900. The van der Waals surface area contributed by atoms with Gasteiger partial charge in [-0.15, -0.1) is 0 Å². The first-order chi connectivity index (χ1) is 6.65. The van der Waals surface area contributed by atoms with Gasteiger partial charge in [0, 0.05) is 0 Å². The number of unbranched alkanes of at least 4 members (excludes halogenated alkanes) is 2. The van der Waals surface area contributed by atoms with Crippen LogP contribution in [-0.4, -0.2) is 36.1 Å². The van der Waals surface area contributed by atoms with Crippen molar-refractivity contribution in [3.8, 4) is 0 Å². The third kappa shape index (κ3) is 2.94. The van der Waals surface area contributed by atoms with E-state index in [1.165, 1.54) is 4.90 Å².